The quantitative estimate of drug-likeness (QED) is 0.664. The molecule has 0 aliphatic carbocycles. The Morgan fingerprint density at radius 3 is 2.38 bits per heavy atom. The van der Waals surface area contributed by atoms with Gasteiger partial charge in [-0.05, 0) is 6.42 Å². The SMILES string of the molecule is NC/C=C/CNS(=O)(=O)CCCC(F)(F)F. The fraction of sp³-hybridized carbons (Fsp3) is 0.750. The lowest BCUT2D eigenvalue weighted by Gasteiger charge is -2.06. The van der Waals surface area contributed by atoms with Crippen molar-refractivity contribution >= 4 is 10.0 Å². The van der Waals surface area contributed by atoms with E-state index in [0.717, 1.165) is 0 Å². The molecule has 0 atom stereocenters. The van der Waals surface area contributed by atoms with E-state index in [4.69, 9.17) is 5.73 Å². The van der Waals surface area contributed by atoms with E-state index < -0.39 is 34.8 Å². The monoisotopic (exact) mass is 260 g/mol. The standard InChI is InChI=1S/C8H15F3N2O2S/c9-8(10,11)4-3-7-16(14,15)13-6-2-1-5-12/h1-2,13H,3-7,12H2/b2-1+. The summed E-state index contributed by atoms with van der Waals surface area (Å²) < 4.78 is 59.6. The Labute approximate surface area is 92.8 Å². The van der Waals surface area contributed by atoms with Crippen LogP contribution in [-0.4, -0.2) is 33.4 Å². The van der Waals surface area contributed by atoms with Crippen LogP contribution in [0, 0.1) is 0 Å². The smallest absolute Gasteiger partial charge is 0.327 e. The van der Waals surface area contributed by atoms with Gasteiger partial charge in [0.25, 0.3) is 0 Å². The predicted octanol–water partition coefficient (Wildman–Crippen LogP) is 0.763. The zero-order valence-corrected chi connectivity index (χ0v) is 9.44. The molecule has 0 unspecified atom stereocenters. The van der Waals surface area contributed by atoms with Crippen molar-refractivity contribution < 1.29 is 21.6 Å². The Bertz CT molecular complexity index is 312. The second-order valence-corrected chi connectivity index (χ2v) is 5.02. The number of hydrogen-bond donors (Lipinski definition) is 2. The lowest BCUT2D eigenvalue weighted by molar-refractivity contribution is -0.134. The number of nitrogens with one attached hydrogen (secondary N) is 1. The van der Waals surface area contributed by atoms with Crippen LogP contribution in [0.5, 0.6) is 0 Å². The van der Waals surface area contributed by atoms with Crippen LogP contribution in [0.1, 0.15) is 12.8 Å². The normalized spacial score (nSPS) is 13.5. The summed E-state index contributed by atoms with van der Waals surface area (Å²) in [4.78, 5) is 0. The van der Waals surface area contributed by atoms with E-state index in [1.165, 1.54) is 6.08 Å². The van der Waals surface area contributed by atoms with Gasteiger partial charge < -0.3 is 5.73 Å². The van der Waals surface area contributed by atoms with Gasteiger partial charge in [-0.2, -0.15) is 13.2 Å². The molecule has 96 valence electrons. The van der Waals surface area contributed by atoms with Crippen LogP contribution in [0.4, 0.5) is 13.2 Å². The van der Waals surface area contributed by atoms with E-state index in [2.05, 4.69) is 4.72 Å². The van der Waals surface area contributed by atoms with Gasteiger partial charge in [-0.1, -0.05) is 12.2 Å². The highest BCUT2D eigenvalue weighted by Gasteiger charge is 2.27. The average Bonchev–Trinajstić information content (AvgIpc) is 2.10. The maximum atomic E-state index is 11.7. The summed E-state index contributed by atoms with van der Waals surface area (Å²) in [6, 6.07) is 0. The third-order valence-electron chi connectivity index (χ3n) is 1.60. The first kappa shape index (κ1) is 15.4. The van der Waals surface area contributed by atoms with Crippen LogP contribution in [0.2, 0.25) is 0 Å². The molecule has 0 radical (unpaired) electrons. The molecule has 0 fully saturated rings. The van der Waals surface area contributed by atoms with Gasteiger partial charge in [0, 0.05) is 19.5 Å². The summed E-state index contributed by atoms with van der Waals surface area (Å²) in [5.41, 5.74) is 5.12. The minimum Gasteiger partial charge on any atom is -0.327 e. The van der Waals surface area contributed by atoms with Gasteiger partial charge in [0.15, 0.2) is 0 Å². The fourth-order valence-corrected chi connectivity index (χ4v) is 1.91. The maximum Gasteiger partial charge on any atom is 0.389 e. The van der Waals surface area contributed by atoms with Crippen LogP contribution in [0.15, 0.2) is 12.2 Å². The van der Waals surface area contributed by atoms with Crippen molar-refractivity contribution in [2.75, 3.05) is 18.8 Å². The predicted molar refractivity (Wildman–Crippen MR) is 55.3 cm³/mol. The number of rotatable bonds is 7. The molecule has 0 saturated heterocycles. The zero-order chi connectivity index (χ0) is 12.7. The van der Waals surface area contributed by atoms with Gasteiger partial charge in [-0.25, -0.2) is 13.1 Å². The number of halogens is 3. The second kappa shape index (κ2) is 6.87. The molecule has 8 heteroatoms. The van der Waals surface area contributed by atoms with Crippen molar-refractivity contribution in [2.45, 2.75) is 19.0 Å². The number of sulfonamides is 1. The van der Waals surface area contributed by atoms with Crippen LogP contribution in [0.3, 0.4) is 0 Å². The first-order chi connectivity index (χ1) is 7.27. The maximum absolute atomic E-state index is 11.7. The van der Waals surface area contributed by atoms with Crippen molar-refractivity contribution in [3.63, 3.8) is 0 Å². The molecule has 0 heterocycles. The van der Waals surface area contributed by atoms with Crippen molar-refractivity contribution in [3.8, 4) is 0 Å². The number of hydrogen-bond acceptors (Lipinski definition) is 3. The van der Waals surface area contributed by atoms with Gasteiger partial charge in [-0.3, -0.25) is 0 Å². The van der Waals surface area contributed by atoms with Crippen LogP contribution in [0.25, 0.3) is 0 Å². The third kappa shape index (κ3) is 9.94. The highest BCUT2D eigenvalue weighted by Crippen LogP contribution is 2.21. The topological polar surface area (TPSA) is 72.2 Å². The summed E-state index contributed by atoms with van der Waals surface area (Å²) in [5.74, 6) is -0.525. The van der Waals surface area contributed by atoms with Crippen LogP contribution < -0.4 is 10.5 Å². The summed E-state index contributed by atoms with van der Waals surface area (Å²) >= 11 is 0. The summed E-state index contributed by atoms with van der Waals surface area (Å²) in [7, 11) is -3.63. The van der Waals surface area contributed by atoms with Crippen molar-refractivity contribution in [1.29, 1.82) is 0 Å². The molecule has 0 aliphatic heterocycles. The highest BCUT2D eigenvalue weighted by atomic mass is 32.2. The van der Waals surface area contributed by atoms with Crippen molar-refractivity contribution in [2.24, 2.45) is 5.73 Å². The largest absolute Gasteiger partial charge is 0.389 e. The third-order valence-corrected chi connectivity index (χ3v) is 3.03. The molecule has 16 heavy (non-hydrogen) atoms. The Kier molecular flexibility index (Phi) is 6.61. The first-order valence-electron chi connectivity index (χ1n) is 4.66. The molecule has 0 spiro atoms. The Balaban J connectivity index is 3.84. The first-order valence-corrected chi connectivity index (χ1v) is 6.31. The van der Waals surface area contributed by atoms with E-state index in [0.29, 0.717) is 0 Å². The van der Waals surface area contributed by atoms with Crippen LogP contribution >= 0.6 is 0 Å². The highest BCUT2D eigenvalue weighted by molar-refractivity contribution is 7.89. The minimum absolute atomic E-state index is 0.0472. The molecule has 0 aromatic rings. The molecule has 0 aliphatic rings. The minimum atomic E-state index is -4.31. The molecular formula is C8H15F3N2O2S. The van der Waals surface area contributed by atoms with Crippen molar-refractivity contribution in [1.82, 2.24) is 4.72 Å². The molecule has 3 N–H and O–H groups in total. The summed E-state index contributed by atoms with van der Waals surface area (Å²) in [6.07, 6.45) is -2.78. The molecule has 4 nitrogen and oxygen atoms in total. The van der Waals surface area contributed by atoms with E-state index in [9.17, 15) is 21.6 Å². The van der Waals surface area contributed by atoms with Gasteiger partial charge in [0.1, 0.15) is 0 Å². The molecule has 0 amide bonds. The lowest BCUT2D eigenvalue weighted by Crippen LogP contribution is -2.27. The molecule has 0 saturated carbocycles. The molecular weight excluding hydrogens is 245 g/mol. The van der Waals surface area contributed by atoms with Gasteiger partial charge in [0.2, 0.25) is 10.0 Å². The summed E-state index contributed by atoms with van der Waals surface area (Å²) in [6.45, 7) is 0.335. The van der Waals surface area contributed by atoms with Crippen LogP contribution in [-0.2, 0) is 10.0 Å². The van der Waals surface area contributed by atoms with E-state index >= 15 is 0 Å². The average molecular weight is 260 g/mol. The molecule has 0 bridgehead atoms. The molecule has 0 rings (SSSR count). The second-order valence-electron chi connectivity index (χ2n) is 3.09. The Hall–Kier alpha value is -0.600. The number of alkyl halides is 3. The van der Waals surface area contributed by atoms with E-state index in [1.54, 1.807) is 6.08 Å². The summed E-state index contributed by atoms with van der Waals surface area (Å²) in [5, 5.41) is 0. The van der Waals surface area contributed by atoms with E-state index in [-0.39, 0.29) is 13.1 Å². The number of nitrogens with two attached hydrogens (primary N) is 1. The fourth-order valence-electron chi connectivity index (χ4n) is 0.889. The van der Waals surface area contributed by atoms with Gasteiger partial charge in [0.05, 0.1) is 5.75 Å². The zero-order valence-electron chi connectivity index (χ0n) is 8.63. The molecule has 0 aromatic carbocycles. The van der Waals surface area contributed by atoms with Gasteiger partial charge in [-0.15, -0.1) is 0 Å². The van der Waals surface area contributed by atoms with Gasteiger partial charge >= 0.3 is 6.18 Å². The van der Waals surface area contributed by atoms with E-state index in [1.807, 2.05) is 0 Å². The Morgan fingerprint density at radius 2 is 1.88 bits per heavy atom. The molecule has 0 aromatic heterocycles. The van der Waals surface area contributed by atoms with Crippen molar-refractivity contribution in [3.05, 3.63) is 12.2 Å². The lowest BCUT2D eigenvalue weighted by atomic mass is 10.3. The Morgan fingerprint density at radius 1 is 1.25 bits per heavy atom.